The Morgan fingerprint density at radius 2 is 1.76 bits per heavy atom. The molecule has 0 radical (unpaired) electrons. The van der Waals surface area contributed by atoms with E-state index in [9.17, 15) is 24.3 Å². The van der Waals surface area contributed by atoms with Gasteiger partial charge in [-0.1, -0.05) is 13.8 Å². The number of amides is 3. The molecule has 158 valence electrons. The predicted molar refractivity (Wildman–Crippen MR) is 103 cm³/mol. The maximum absolute atomic E-state index is 12.5. The minimum absolute atomic E-state index is 0.0276. The van der Waals surface area contributed by atoms with Crippen LogP contribution in [-0.2, 0) is 19.2 Å². The van der Waals surface area contributed by atoms with Crippen LogP contribution in [0.1, 0.15) is 27.2 Å². The van der Waals surface area contributed by atoms with E-state index in [2.05, 4.69) is 10.6 Å². The lowest BCUT2D eigenvalue weighted by atomic mass is 10.0. The molecule has 1 aliphatic heterocycles. The van der Waals surface area contributed by atoms with Crippen molar-refractivity contribution in [3.8, 4) is 5.75 Å². The maximum Gasteiger partial charge on any atom is 0.242 e. The van der Waals surface area contributed by atoms with Gasteiger partial charge in [0.15, 0.2) is 0 Å². The van der Waals surface area contributed by atoms with Crippen molar-refractivity contribution in [1.29, 1.82) is 0 Å². The van der Waals surface area contributed by atoms with E-state index >= 15 is 0 Å². The number of hydrogen-bond donors (Lipinski definition) is 2. The van der Waals surface area contributed by atoms with Crippen molar-refractivity contribution in [1.82, 2.24) is 10.6 Å². The Labute approximate surface area is 169 Å². The summed E-state index contributed by atoms with van der Waals surface area (Å²) in [6.45, 7) is 4.93. The van der Waals surface area contributed by atoms with Gasteiger partial charge in [-0.3, -0.25) is 14.4 Å². The van der Waals surface area contributed by atoms with Gasteiger partial charge in [-0.2, -0.15) is 0 Å². The highest BCUT2D eigenvalue weighted by atomic mass is 16.5. The lowest BCUT2D eigenvalue weighted by molar-refractivity contribution is -0.309. The van der Waals surface area contributed by atoms with Gasteiger partial charge in [0.1, 0.15) is 11.8 Å². The smallest absolute Gasteiger partial charge is 0.242 e. The number of carbonyl (C=O) groups excluding carboxylic acids is 4. The Hall–Kier alpha value is -3.10. The number of nitrogens with zero attached hydrogens (tertiary/aromatic N) is 1. The highest BCUT2D eigenvalue weighted by Crippen LogP contribution is 2.27. The largest absolute Gasteiger partial charge is 0.548 e. The summed E-state index contributed by atoms with van der Waals surface area (Å²) >= 11 is 0. The summed E-state index contributed by atoms with van der Waals surface area (Å²) in [6.07, 6.45) is 0.0276. The fourth-order valence-corrected chi connectivity index (χ4v) is 3.07. The van der Waals surface area contributed by atoms with Crippen LogP contribution in [0.3, 0.4) is 0 Å². The van der Waals surface area contributed by atoms with Gasteiger partial charge >= 0.3 is 0 Å². The van der Waals surface area contributed by atoms with E-state index in [0.29, 0.717) is 11.4 Å². The molecule has 2 N–H and O–H groups in total. The number of rotatable bonds is 8. The minimum atomic E-state index is -1.39. The SMILES string of the molecule is COc1ccc(N2C[C@@H](C(=O)N[C@@H](C)C(=O)N[C@H](C(=O)[O-])C(C)C)CC2=O)cc1. The number of ether oxygens (including phenoxy) is 1. The first-order valence-corrected chi connectivity index (χ1v) is 9.40. The van der Waals surface area contributed by atoms with Crippen LogP contribution >= 0.6 is 0 Å². The summed E-state index contributed by atoms with van der Waals surface area (Å²) in [4.78, 5) is 49.7. The third-order valence-corrected chi connectivity index (χ3v) is 4.85. The quantitative estimate of drug-likeness (QED) is 0.598. The van der Waals surface area contributed by atoms with Crippen LogP contribution in [0.15, 0.2) is 24.3 Å². The van der Waals surface area contributed by atoms with Crippen LogP contribution in [0.5, 0.6) is 5.75 Å². The van der Waals surface area contributed by atoms with Crippen LogP contribution in [0.25, 0.3) is 0 Å². The third-order valence-electron chi connectivity index (χ3n) is 4.85. The van der Waals surface area contributed by atoms with Crippen molar-refractivity contribution in [2.24, 2.45) is 11.8 Å². The zero-order chi connectivity index (χ0) is 21.7. The van der Waals surface area contributed by atoms with Crippen molar-refractivity contribution >= 4 is 29.4 Å². The Morgan fingerprint density at radius 3 is 2.28 bits per heavy atom. The lowest BCUT2D eigenvalue weighted by Gasteiger charge is -2.25. The second kappa shape index (κ2) is 9.40. The third kappa shape index (κ3) is 5.46. The fraction of sp³-hybridized carbons (Fsp3) is 0.500. The molecule has 3 atom stereocenters. The Bertz CT molecular complexity index is 777. The Balaban J connectivity index is 1.95. The first-order valence-electron chi connectivity index (χ1n) is 9.40. The standard InChI is InChI=1S/C20H27N3O6/c1-11(2)17(20(27)28)22-18(25)12(3)21-19(26)13-9-16(24)23(10-13)14-5-7-15(29-4)8-6-14/h5-8,11-13,17H,9-10H2,1-4H3,(H,21,26)(H,22,25)(H,27,28)/p-1/t12-,13-,17-/m0/s1. The van der Waals surface area contributed by atoms with E-state index in [1.54, 1.807) is 45.2 Å². The van der Waals surface area contributed by atoms with Crippen molar-refractivity contribution in [3.05, 3.63) is 24.3 Å². The van der Waals surface area contributed by atoms with Crippen molar-refractivity contribution in [2.75, 3.05) is 18.6 Å². The second-order valence-corrected chi connectivity index (χ2v) is 7.38. The summed E-state index contributed by atoms with van der Waals surface area (Å²) in [5, 5.41) is 16.0. The van der Waals surface area contributed by atoms with E-state index in [1.165, 1.54) is 11.8 Å². The van der Waals surface area contributed by atoms with Crippen LogP contribution < -0.4 is 25.4 Å². The summed E-state index contributed by atoms with van der Waals surface area (Å²) in [5.74, 6) is -2.96. The summed E-state index contributed by atoms with van der Waals surface area (Å²) in [6, 6.07) is 4.82. The van der Waals surface area contributed by atoms with Gasteiger partial charge in [0.2, 0.25) is 17.7 Å². The van der Waals surface area contributed by atoms with Crippen molar-refractivity contribution in [3.63, 3.8) is 0 Å². The molecule has 1 aromatic carbocycles. The number of carboxylic acids is 1. The number of aliphatic carboxylic acids is 1. The first kappa shape index (κ1) is 22.2. The molecular formula is C20H26N3O6-. The molecule has 9 nitrogen and oxygen atoms in total. The van der Waals surface area contributed by atoms with E-state index in [0.717, 1.165) is 0 Å². The van der Waals surface area contributed by atoms with Gasteiger partial charge in [-0.15, -0.1) is 0 Å². The summed E-state index contributed by atoms with van der Waals surface area (Å²) in [5.41, 5.74) is 0.658. The Kier molecular flexibility index (Phi) is 7.19. The van der Waals surface area contributed by atoms with Gasteiger partial charge in [-0.05, 0) is 37.1 Å². The Morgan fingerprint density at radius 1 is 1.14 bits per heavy atom. The number of benzene rings is 1. The van der Waals surface area contributed by atoms with Gasteiger partial charge in [0.05, 0.1) is 25.0 Å². The van der Waals surface area contributed by atoms with Crippen LogP contribution in [0, 0.1) is 11.8 Å². The lowest BCUT2D eigenvalue weighted by Crippen LogP contribution is -2.55. The summed E-state index contributed by atoms with van der Waals surface area (Å²) in [7, 11) is 1.55. The summed E-state index contributed by atoms with van der Waals surface area (Å²) < 4.78 is 5.09. The van der Waals surface area contributed by atoms with Crippen molar-refractivity contribution < 1.29 is 29.0 Å². The number of nitrogens with one attached hydrogen (secondary N) is 2. The van der Waals surface area contributed by atoms with Gasteiger partial charge in [-0.25, -0.2) is 0 Å². The van der Waals surface area contributed by atoms with Crippen LogP contribution in [0.4, 0.5) is 5.69 Å². The molecule has 0 aromatic heterocycles. The number of carboxylic acid groups (broad SMARTS) is 1. The van der Waals surface area contributed by atoms with Gasteiger partial charge in [0.25, 0.3) is 0 Å². The molecule has 0 saturated carbocycles. The normalized spacial score (nSPS) is 18.3. The van der Waals surface area contributed by atoms with Crippen LogP contribution in [-0.4, -0.2) is 49.4 Å². The molecule has 1 heterocycles. The first-order chi connectivity index (χ1) is 13.6. The van der Waals surface area contributed by atoms with E-state index in [-0.39, 0.29) is 24.8 Å². The average molecular weight is 404 g/mol. The molecule has 0 spiro atoms. The highest BCUT2D eigenvalue weighted by molar-refractivity contribution is 6.01. The molecule has 2 rings (SSSR count). The van der Waals surface area contributed by atoms with E-state index in [4.69, 9.17) is 4.74 Å². The predicted octanol–water partition coefficient (Wildman–Crippen LogP) is -0.556. The van der Waals surface area contributed by atoms with E-state index in [1.807, 2.05) is 0 Å². The molecule has 0 aliphatic carbocycles. The van der Waals surface area contributed by atoms with Gasteiger partial charge in [0, 0.05) is 18.7 Å². The molecule has 1 aliphatic rings. The number of hydrogen-bond acceptors (Lipinski definition) is 6. The zero-order valence-electron chi connectivity index (χ0n) is 16.9. The van der Waals surface area contributed by atoms with Crippen molar-refractivity contribution in [2.45, 2.75) is 39.3 Å². The molecule has 1 saturated heterocycles. The fourth-order valence-electron chi connectivity index (χ4n) is 3.07. The highest BCUT2D eigenvalue weighted by Gasteiger charge is 2.36. The molecule has 9 heteroatoms. The number of carbonyl (C=O) groups is 4. The molecule has 0 unspecified atom stereocenters. The average Bonchev–Trinajstić information content (AvgIpc) is 3.07. The molecule has 0 bridgehead atoms. The molecule has 1 aromatic rings. The molecule has 1 fully saturated rings. The minimum Gasteiger partial charge on any atom is -0.548 e. The maximum atomic E-state index is 12.5. The molecular weight excluding hydrogens is 378 g/mol. The topological polar surface area (TPSA) is 128 Å². The monoisotopic (exact) mass is 404 g/mol. The second-order valence-electron chi connectivity index (χ2n) is 7.38. The number of anilines is 1. The number of methoxy groups -OCH3 is 1. The van der Waals surface area contributed by atoms with Crippen LogP contribution in [0.2, 0.25) is 0 Å². The van der Waals surface area contributed by atoms with Gasteiger partial charge < -0.3 is 30.2 Å². The molecule has 29 heavy (non-hydrogen) atoms. The molecule has 3 amide bonds. The van der Waals surface area contributed by atoms with E-state index < -0.39 is 35.8 Å². The zero-order valence-corrected chi connectivity index (χ0v) is 16.9.